The molecule has 2 aromatic rings. The Balaban J connectivity index is 1.85. The quantitative estimate of drug-likeness (QED) is 0.711. The van der Waals surface area contributed by atoms with Crippen LogP contribution in [0.25, 0.3) is 6.08 Å². The first-order valence-corrected chi connectivity index (χ1v) is 9.59. The van der Waals surface area contributed by atoms with E-state index in [0.717, 1.165) is 12.0 Å². The number of nitrogens with one attached hydrogen (secondary N) is 2. The maximum Gasteiger partial charge on any atom is 0.244 e. The fourth-order valence-corrected chi connectivity index (χ4v) is 3.28. The summed E-state index contributed by atoms with van der Waals surface area (Å²) in [5.41, 5.74) is 1.93. The molecule has 2 aromatic carbocycles. The molecule has 0 saturated carbocycles. The first-order chi connectivity index (χ1) is 12.0. The lowest BCUT2D eigenvalue weighted by Crippen LogP contribution is -2.23. The minimum absolute atomic E-state index is 0.180. The zero-order valence-electron chi connectivity index (χ0n) is 14.1. The largest absolute Gasteiger partial charge is 0.352 e. The SMILES string of the molecule is CCNS(=O)(=O)c1ccc(/C=C/C(=O)NCCc2ccccc2)cc1. The zero-order valence-corrected chi connectivity index (χ0v) is 14.9. The first-order valence-electron chi connectivity index (χ1n) is 8.11. The summed E-state index contributed by atoms with van der Waals surface area (Å²) in [6.07, 6.45) is 3.87. The standard InChI is InChI=1S/C19H22N2O3S/c1-2-21-25(23,24)18-11-8-17(9-12-18)10-13-19(22)20-15-14-16-6-4-3-5-7-16/h3-13,21H,2,14-15H2,1H3,(H,20,22)/b13-10+. The number of amides is 1. The van der Waals surface area contributed by atoms with Crippen molar-refractivity contribution in [2.24, 2.45) is 0 Å². The molecular weight excluding hydrogens is 336 g/mol. The predicted molar refractivity (Wildman–Crippen MR) is 99.5 cm³/mol. The lowest BCUT2D eigenvalue weighted by atomic mass is 10.1. The van der Waals surface area contributed by atoms with E-state index in [9.17, 15) is 13.2 Å². The Labute approximate surface area is 148 Å². The van der Waals surface area contributed by atoms with Crippen molar-refractivity contribution in [1.29, 1.82) is 0 Å². The van der Waals surface area contributed by atoms with E-state index in [0.29, 0.717) is 13.1 Å². The van der Waals surface area contributed by atoms with Gasteiger partial charge >= 0.3 is 0 Å². The minimum atomic E-state index is -3.45. The van der Waals surface area contributed by atoms with Crippen LogP contribution in [-0.4, -0.2) is 27.4 Å². The second-order valence-corrected chi connectivity index (χ2v) is 7.20. The van der Waals surface area contributed by atoms with E-state index >= 15 is 0 Å². The van der Waals surface area contributed by atoms with Crippen LogP contribution in [0, 0.1) is 0 Å². The van der Waals surface area contributed by atoms with E-state index in [-0.39, 0.29) is 10.8 Å². The van der Waals surface area contributed by atoms with Gasteiger partial charge in [-0.2, -0.15) is 0 Å². The number of sulfonamides is 1. The van der Waals surface area contributed by atoms with Gasteiger partial charge in [-0.15, -0.1) is 0 Å². The number of rotatable bonds is 8. The van der Waals surface area contributed by atoms with Crippen molar-refractivity contribution in [3.63, 3.8) is 0 Å². The lowest BCUT2D eigenvalue weighted by molar-refractivity contribution is -0.116. The summed E-state index contributed by atoms with van der Waals surface area (Å²) in [6, 6.07) is 16.3. The van der Waals surface area contributed by atoms with Gasteiger partial charge in [0.05, 0.1) is 4.90 Å². The van der Waals surface area contributed by atoms with Crippen molar-refractivity contribution in [2.75, 3.05) is 13.1 Å². The van der Waals surface area contributed by atoms with Crippen LogP contribution in [0.4, 0.5) is 0 Å². The number of hydrogen-bond acceptors (Lipinski definition) is 3. The maximum absolute atomic E-state index is 11.9. The number of hydrogen-bond donors (Lipinski definition) is 2. The van der Waals surface area contributed by atoms with Crippen molar-refractivity contribution < 1.29 is 13.2 Å². The van der Waals surface area contributed by atoms with Crippen molar-refractivity contribution in [1.82, 2.24) is 10.0 Å². The molecule has 2 N–H and O–H groups in total. The summed E-state index contributed by atoms with van der Waals surface area (Å²) in [5, 5.41) is 2.82. The zero-order chi connectivity index (χ0) is 18.1. The summed E-state index contributed by atoms with van der Waals surface area (Å²) in [5.74, 6) is -0.180. The molecule has 132 valence electrons. The first kappa shape index (κ1) is 18.9. The average molecular weight is 358 g/mol. The summed E-state index contributed by atoms with van der Waals surface area (Å²) in [6.45, 7) is 2.63. The molecule has 5 nitrogen and oxygen atoms in total. The highest BCUT2D eigenvalue weighted by Crippen LogP contribution is 2.11. The average Bonchev–Trinajstić information content (AvgIpc) is 2.61. The van der Waals surface area contributed by atoms with Crippen molar-refractivity contribution >= 4 is 22.0 Å². The summed E-state index contributed by atoms with van der Waals surface area (Å²) in [4.78, 5) is 12.0. The number of benzene rings is 2. The van der Waals surface area contributed by atoms with Crippen LogP contribution in [0.15, 0.2) is 65.6 Å². The molecule has 2 rings (SSSR count). The van der Waals surface area contributed by atoms with Gasteiger partial charge in [-0.25, -0.2) is 13.1 Å². The highest BCUT2D eigenvalue weighted by molar-refractivity contribution is 7.89. The van der Waals surface area contributed by atoms with E-state index in [1.807, 2.05) is 30.3 Å². The van der Waals surface area contributed by atoms with Gasteiger partial charge in [-0.1, -0.05) is 49.4 Å². The van der Waals surface area contributed by atoms with E-state index < -0.39 is 10.0 Å². The molecule has 0 fully saturated rings. The van der Waals surface area contributed by atoms with Gasteiger partial charge in [0, 0.05) is 19.2 Å². The highest BCUT2D eigenvalue weighted by Gasteiger charge is 2.11. The van der Waals surface area contributed by atoms with Gasteiger partial charge in [0.15, 0.2) is 0 Å². The van der Waals surface area contributed by atoms with Gasteiger partial charge in [0.25, 0.3) is 0 Å². The van der Waals surface area contributed by atoms with Crippen molar-refractivity contribution in [2.45, 2.75) is 18.2 Å². The molecule has 0 aromatic heterocycles. The topological polar surface area (TPSA) is 75.3 Å². The Morgan fingerprint density at radius 1 is 1.04 bits per heavy atom. The molecule has 6 heteroatoms. The van der Waals surface area contributed by atoms with Crippen LogP contribution >= 0.6 is 0 Å². The molecule has 0 radical (unpaired) electrons. The Hall–Kier alpha value is -2.44. The van der Waals surface area contributed by atoms with Gasteiger partial charge in [0.2, 0.25) is 15.9 Å². The summed E-state index contributed by atoms with van der Waals surface area (Å²) >= 11 is 0. The van der Waals surface area contributed by atoms with E-state index in [4.69, 9.17) is 0 Å². The van der Waals surface area contributed by atoms with E-state index in [1.54, 1.807) is 25.1 Å². The van der Waals surface area contributed by atoms with Crippen LogP contribution in [0.2, 0.25) is 0 Å². The van der Waals surface area contributed by atoms with Gasteiger partial charge in [0.1, 0.15) is 0 Å². The molecular formula is C19H22N2O3S. The predicted octanol–water partition coefficient (Wildman–Crippen LogP) is 2.36. The molecule has 0 heterocycles. The monoisotopic (exact) mass is 358 g/mol. The van der Waals surface area contributed by atoms with Gasteiger partial charge in [-0.05, 0) is 35.8 Å². The third-order valence-corrected chi connectivity index (χ3v) is 5.07. The molecule has 0 spiro atoms. The summed E-state index contributed by atoms with van der Waals surface area (Å²) < 4.78 is 26.1. The third kappa shape index (κ3) is 6.17. The Morgan fingerprint density at radius 3 is 2.36 bits per heavy atom. The molecule has 0 saturated heterocycles. The number of carbonyl (C=O) groups is 1. The van der Waals surface area contributed by atoms with Gasteiger partial charge in [-0.3, -0.25) is 4.79 Å². The van der Waals surface area contributed by atoms with Crippen LogP contribution in [0.1, 0.15) is 18.1 Å². The molecule has 0 bridgehead atoms. The Bertz CT molecular complexity index is 814. The number of carbonyl (C=O) groups excluding carboxylic acids is 1. The van der Waals surface area contributed by atoms with Crippen molar-refractivity contribution in [3.05, 3.63) is 71.8 Å². The van der Waals surface area contributed by atoms with Crippen LogP contribution < -0.4 is 10.0 Å². The van der Waals surface area contributed by atoms with E-state index in [2.05, 4.69) is 10.0 Å². The van der Waals surface area contributed by atoms with Crippen LogP contribution in [-0.2, 0) is 21.2 Å². The fourth-order valence-electron chi connectivity index (χ4n) is 2.24. The van der Waals surface area contributed by atoms with E-state index in [1.165, 1.54) is 23.8 Å². The second kappa shape index (κ2) is 9.15. The Morgan fingerprint density at radius 2 is 1.72 bits per heavy atom. The second-order valence-electron chi connectivity index (χ2n) is 5.43. The summed E-state index contributed by atoms with van der Waals surface area (Å²) in [7, 11) is -3.45. The lowest BCUT2D eigenvalue weighted by Gasteiger charge is -2.04. The highest BCUT2D eigenvalue weighted by atomic mass is 32.2. The van der Waals surface area contributed by atoms with Crippen molar-refractivity contribution in [3.8, 4) is 0 Å². The molecule has 0 aliphatic rings. The molecule has 0 aliphatic carbocycles. The molecule has 0 atom stereocenters. The molecule has 0 unspecified atom stereocenters. The maximum atomic E-state index is 11.9. The normalized spacial score (nSPS) is 11.6. The smallest absolute Gasteiger partial charge is 0.244 e. The Kier molecular flexibility index (Phi) is 6.91. The van der Waals surface area contributed by atoms with Crippen LogP contribution in [0.5, 0.6) is 0 Å². The molecule has 0 aliphatic heterocycles. The molecule has 25 heavy (non-hydrogen) atoms. The molecule has 1 amide bonds. The minimum Gasteiger partial charge on any atom is -0.352 e. The third-order valence-electron chi connectivity index (χ3n) is 3.51. The fraction of sp³-hybridized carbons (Fsp3) is 0.211. The van der Waals surface area contributed by atoms with Gasteiger partial charge < -0.3 is 5.32 Å². The van der Waals surface area contributed by atoms with Crippen LogP contribution in [0.3, 0.4) is 0 Å².